The maximum atomic E-state index is 12.0. The smallest absolute Gasteiger partial charge is 0.227 e. The molecule has 2 heterocycles. The summed E-state index contributed by atoms with van der Waals surface area (Å²) in [6.45, 7) is 7.42. The van der Waals surface area contributed by atoms with Gasteiger partial charge in [0, 0.05) is 31.6 Å². The quantitative estimate of drug-likeness (QED) is 0.873. The van der Waals surface area contributed by atoms with Crippen molar-refractivity contribution in [1.82, 2.24) is 15.0 Å². The number of carbonyl (C=O) groups is 1. The standard InChI is InChI=1S/C19H26N4O2/c1-14-4-3-11-23(12-14)13-16-5-7-17(8-6-16)21-18(24)9-10-19-20-15(2)22-25-19/h5-8,14H,3-4,9-13H2,1-2H3,(H,21,24). The summed E-state index contributed by atoms with van der Waals surface area (Å²) in [6.07, 6.45) is 3.41. The number of amides is 1. The van der Waals surface area contributed by atoms with Gasteiger partial charge in [0.25, 0.3) is 0 Å². The number of hydrogen-bond donors (Lipinski definition) is 1. The first-order valence-corrected chi connectivity index (χ1v) is 8.99. The van der Waals surface area contributed by atoms with E-state index >= 15 is 0 Å². The van der Waals surface area contributed by atoms with Gasteiger partial charge in [-0.05, 0) is 49.9 Å². The lowest BCUT2D eigenvalue weighted by Crippen LogP contribution is -2.33. The lowest BCUT2D eigenvalue weighted by atomic mass is 10.00. The fourth-order valence-electron chi connectivity index (χ4n) is 3.27. The van der Waals surface area contributed by atoms with Crippen LogP contribution in [0.15, 0.2) is 28.8 Å². The fourth-order valence-corrected chi connectivity index (χ4v) is 3.27. The molecule has 1 aliphatic rings. The van der Waals surface area contributed by atoms with Crippen LogP contribution in [-0.2, 0) is 17.8 Å². The number of aryl methyl sites for hydroxylation is 2. The maximum Gasteiger partial charge on any atom is 0.227 e. The Morgan fingerprint density at radius 2 is 2.16 bits per heavy atom. The molecule has 1 amide bonds. The molecule has 1 aromatic heterocycles. The lowest BCUT2D eigenvalue weighted by Gasteiger charge is -2.30. The van der Waals surface area contributed by atoms with Gasteiger partial charge in [-0.25, -0.2) is 0 Å². The molecule has 0 aliphatic carbocycles. The third-order valence-electron chi connectivity index (χ3n) is 4.52. The molecule has 1 N–H and O–H groups in total. The molecule has 1 aromatic carbocycles. The minimum absolute atomic E-state index is 0.0477. The van der Waals surface area contributed by atoms with E-state index in [1.165, 1.54) is 31.5 Å². The molecule has 1 fully saturated rings. The first-order valence-electron chi connectivity index (χ1n) is 8.99. The minimum Gasteiger partial charge on any atom is -0.339 e. The van der Waals surface area contributed by atoms with E-state index in [-0.39, 0.29) is 5.91 Å². The molecule has 0 bridgehead atoms. The van der Waals surface area contributed by atoms with Crippen LogP contribution in [-0.4, -0.2) is 34.0 Å². The minimum atomic E-state index is -0.0477. The molecular formula is C19H26N4O2. The van der Waals surface area contributed by atoms with E-state index in [0.717, 1.165) is 18.2 Å². The third kappa shape index (κ3) is 5.39. The van der Waals surface area contributed by atoms with E-state index in [2.05, 4.69) is 39.4 Å². The van der Waals surface area contributed by atoms with Gasteiger partial charge in [0.2, 0.25) is 11.8 Å². The predicted molar refractivity (Wildman–Crippen MR) is 96.1 cm³/mol. The lowest BCUT2D eigenvalue weighted by molar-refractivity contribution is -0.116. The second-order valence-corrected chi connectivity index (χ2v) is 6.96. The highest BCUT2D eigenvalue weighted by Gasteiger charge is 2.16. The number of aromatic nitrogens is 2. The Balaban J connectivity index is 1.46. The average molecular weight is 342 g/mol. The highest BCUT2D eigenvalue weighted by molar-refractivity contribution is 5.90. The normalized spacial score (nSPS) is 18.2. The van der Waals surface area contributed by atoms with Crippen LogP contribution in [0.1, 0.15) is 43.5 Å². The zero-order chi connectivity index (χ0) is 17.6. The molecule has 1 atom stereocenters. The molecule has 6 nitrogen and oxygen atoms in total. The van der Waals surface area contributed by atoms with Gasteiger partial charge in [-0.15, -0.1) is 0 Å². The van der Waals surface area contributed by atoms with E-state index in [9.17, 15) is 4.79 Å². The van der Waals surface area contributed by atoms with Crippen molar-refractivity contribution >= 4 is 11.6 Å². The molecule has 1 saturated heterocycles. The van der Waals surface area contributed by atoms with Gasteiger partial charge in [-0.3, -0.25) is 9.69 Å². The van der Waals surface area contributed by atoms with E-state index in [1.54, 1.807) is 6.92 Å². The first-order chi connectivity index (χ1) is 12.1. The Kier molecular flexibility index (Phi) is 5.81. The van der Waals surface area contributed by atoms with Crippen molar-refractivity contribution in [3.63, 3.8) is 0 Å². The van der Waals surface area contributed by atoms with Crippen LogP contribution in [0.3, 0.4) is 0 Å². The Hall–Kier alpha value is -2.21. The summed E-state index contributed by atoms with van der Waals surface area (Å²) in [5.74, 6) is 1.83. The molecular weight excluding hydrogens is 316 g/mol. The molecule has 0 saturated carbocycles. The SMILES string of the molecule is Cc1noc(CCC(=O)Nc2ccc(CN3CCCC(C)C3)cc2)n1. The van der Waals surface area contributed by atoms with Crippen LogP contribution in [0, 0.1) is 12.8 Å². The van der Waals surface area contributed by atoms with Gasteiger partial charge < -0.3 is 9.84 Å². The molecule has 1 unspecified atom stereocenters. The largest absolute Gasteiger partial charge is 0.339 e. The Morgan fingerprint density at radius 1 is 1.36 bits per heavy atom. The monoisotopic (exact) mass is 342 g/mol. The second kappa shape index (κ2) is 8.25. The summed E-state index contributed by atoms with van der Waals surface area (Å²) >= 11 is 0. The van der Waals surface area contributed by atoms with Crippen LogP contribution in [0.2, 0.25) is 0 Å². The van der Waals surface area contributed by atoms with E-state index in [4.69, 9.17) is 4.52 Å². The molecule has 134 valence electrons. The van der Waals surface area contributed by atoms with Crippen molar-refractivity contribution in [1.29, 1.82) is 0 Å². The van der Waals surface area contributed by atoms with Crippen molar-refractivity contribution in [2.75, 3.05) is 18.4 Å². The van der Waals surface area contributed by atoms with Gasteiger partial charge in [0.1, 0.15) is 0 Å². The number of anilines is 1. The van der Waals surface area contributed by atoms with E-state index < -0.39 is 0 Å². The van der Waals surface area contributed by atoms with Crippen molar-refractivity contribution in [3.8, 4) is 0 Å². The van der Waals surface area contributed by atoms with Crippen molar-refractivity contribution in [2.24, 2.45) is 5.92 Å². The number of likely N-dealkylation sites (tertiary alicyclic amines) is 1. The van der Waals surface area contributed by atoms with Gasteiger partial charge in [0.05, 0.1) is 0 Å². The summed E-state index contributed by atoms with van der Waals surface area (Å²) in [5, 5.41) is 6.63. The number of rotatable bonds is 6. The number of piperidine rings is 1. The molecule has 0 spiro atoms. The summed E-state index contributed by atoms with van der Waals surface area (Å²) in [5.41, 5.74) is 2.11. The summed E-state index contributed by atoms with van der Waals surface area (Å²) in [7, 11) is 0. The average Bonchev–Trinajstić information content (AvgIpc) is 3.00. The highest BCUT2D eigenvalue weighted by Crippen LogP contribution is 2.19. The summed E-state index contributed by atoms with van der Waals surface area (Å²) < 4.78 is 5.01. The zero-order valence-corrected chi connectivity index (χ0v) is 15.0. The third-order valence-corrected chi connectivity index (χ3v) is 4.52. The van der Waals surface area contributed by atoms with Crippen LogP contribution >= 0.6 is 0 Å². The number of nitrogens with zero attached hydrogens (tertiary/aromatic N) is 3. The van der Waals surface area contributed by atoms with Gasteiger partial charge in [-0.1, -0.05) is 24.2 Å². The topological polar surface area (TPSA) is 71.3 Å². The fraction of sp³-hybridized carbons (Fsp3) is 0.526. The van der Waals surface area contributed by atoms with Gasteiger partial charge >= 0.3 is 0 Å². The molecule has 3 rings (SSSR count). The predicted octanol–water partition coefficient (Wildman–Crippen LogP) is 3.18. The molecule has 0 radical (unpaired) electrons. The van der Waals surface area contributed by atoms with Crippen LogP contribution in [0.5, 0.6) is 0 Å². The van der Waals surface area contributed by atoms with Crippen LogP contribution < -0.4 is 5.32 Å². The van der Waals surface area contributed by atoms with Gasteiger partial charge in [-0.2, -0.15) is 4.98 Å². The van der Waals surface area contributed by atoms with Crippen molar-refractivity contribution in [3.05, 3.63) is 41.5 Å². The van der Waals surface area contributed by atoms with E-state index in [1.807, 2.05) is 12.1 Å². The van der Waals surface area contributed by atoms with Crippen molar-refractivity contribution in [2.45, 2.75) is 46.1 Å². The maximum absolute atomic E-state index is 12.0. The summed E-state index contributed by atoms with van der Waals surface area (Å²) in [4.78, 5) is 18.6. The molecule has 6 heteroatoms. The number of benzene rings is 1. The van der Waals surface area contributed by atoms with Crippen LogP contribution in [0.4, 0.5) is 5.69 Å². The number of carbonyl (C=O) groups excluding carboxylic acids is 1. The van der Waals surface area contributed by atoms with Gasteiger partial charge in [0.15, 0.2) is 5.82 Å². The molecule has 1 aliphatic heterocycles. The zero-order valence-electron chi connectivity index (χ0n) is 15.0. The molecule has 25 heavy (non-hydrogen) atoms. The number of hydrogen-bond acceptors (Lipinski definition) is 5. The Bertz CT molecular complexity index is 696. The molecule has 2 aromatic rings. The Labute approximate surface area is 148 Å². The van der Waals surface area contributed by atoms with Crippen LogP contribution in [0.25, 0.3) is 0 Å². The van der Waals surface area contributed by atoms with E-state index in [0.29, 0.717) is 24.6 Å². The first kappa shape index (κ1) is 17.6. The second-order valence-electron chi connectivity index (χ2n) is 6.96. The Morgan fingerprint density at radius 3 is 2.84 bits per heavy atom. The summed E-state index contributed by atoms with van der Waals surface area (Å²) in [6, 6.07) is 8.13. The van der Waals surface area contributed by atoms with Crippen molar-refractivity contribution < 1.29 is 9.32 Å². The number of nitrogens with one attached hydrogen (secondary N) is 1. The highest BCUT2D eigenvalue weighted by atomic mass is 16.5.